The third kappa shape index (κ3) is 3.42. The molecule has 17 heavy (non-hydrogen) atoms. The number of benzene rings is 1. The number of nitro benzene ring substituents is 1. The predicted molar refractivity (Wildman–Crippen MR) is 65.3 cm³/mol. The SMILES string of the molecule is CC[C@@H](C)NC(=O)c1ccc([N+](=O)[O-])c(Cl)c1. The Balaban J connectivity index is 2.90. The normalized spacial score (nSPS) is 11.9. The molecule has 1 N–H and O–H groups in total. The molecule has 0 heterocycles. The highest BCUT2D eigenvalue weighted by Gasteiger charge is 2.15. The number of halogens is 1. The van der Waals surface area contributed by atoms with Gasteiger partial charge in [-0.15, -0.1) is 0 Å². The molecule has 0 aliphatic carbocycles. The highest BCUT2D eigenvalue weighted by atomic mass is 35.5. The van der Waals surface area contributed by atoms with Crippen LogP contribution in [0.3, 0.4) is 0 Å². The molecule has 1 aromatic rings. The first-order valence-electron chi connectivity index (χ1n) is 5.20. The van der Waals surface area contributed by atoms with Crippen LogP contribution in [0.25, 0.3) is 0 Å². The van der Waals surface area contributed by atoms with Gasteiger partial charge in [-0.1, -0.05) is 18.5 Å². The second-order valence-corrected chi connectivity index (χ2v) is 4.11. The molecule has 6 heteroatoms. The topological polar surface area (TPSA) is 72.2 Å². The van der Waals surface area contributed by atoms with Gasteiger partial charge in [-0.3, -0.25) is 14.9 Å². The first-order chi connectivity index (χ1) is 7.95. The summed E-state index contributed by atoms with van der Waals surface area (Å²) in [6.07, 6.45) is 0.812. The smallest absolute Gasteiger partial charge is 0.287 e. The van der Waals surface area contributed by atoms with Crippen LogP contribution in [-0.4, -0.2) is 16.9 Å². The van der Waals surface area contributed by atoms with Crippen LogP contribution in [0.5, 0.6) is 0 Å². The Morgan fingerprint density at radius 2 is 2.24 bits per heavy atom. The number of hydrogen-bond donors (Lipinski definition) is 1. The van der Waals surface area contributed by atoms with Crippen molar-refractivity contribution < 1.29 is 9.72 Å². The lowest BCUT2D eigenvalue weighted by Gasteiger charge is -2.11. The van der Waals surface area contributed by atoms with E-state index in [9.17, 15) is 14.9 Å². The Hall–Kier alpha value is -1.62. The van der Waals surface area contributed by atoms with Gasteiger partial charge in [0.25, 0.3) is 11.6 Å². The van der Waals surface area contributed by atoms with Gasteiger partial charge in [-0.25, -0.2) is 0 Å². The fourth-order valence-corrected chi connectivity index (χ4v) is 1.45. The maximum atomic E-state index is 11.7. The number of amides is 1. The fraction of sp³-hybridized carbons (Fsp3) is 0.364. The van der Waals surface area contributed by atoms with E-state index in [0.29, 0.717) is 5.56 Å². The maximum absolute atomic E-state index is 11.7. The van der Waals surface area contributed by atoms with Crippen molar-refractivity contribution >= 4 is 23.2 Å². The summed E-state index contributed by atoms with van der Waals surface area (Å²) in [5, 5.41) is 13.3. The first-order valence-corrected chi connectivity index (χ1v) is 5.58. The predicted octanol–water partition coefficient (Wildman–Crippen LogP) is 2.78. The molecule has 1 aromatic carbocycles. The van der Waals surface area contributed by atoms with Gasteiger partial charge in [0.15, 0.2) is 0 Å². The summed E-state index contributed by atoms with van der Waals surface area (Å²) in [7, 11) is 0. The Kier molecular flexibility index (Phi) is 4.45. The molecule has 0 aliphatic heterocycles. The first kappa shape index (κ1) is 13.4. The number of carbonyl (C=O) groups is 1. The monoisotopic (exact) mass is 256 g/mol. The van der Waals surface area contributed by atoms with Crippen LogP contribution in [0.15, 0.2) is 18.2 Å². The molecule has 5 nitrogen and oxygen atoms in total. The lowest BCUT2D eigenvalue weighted by Crippen LogP contribution is -2.31. The number of rotatable bonds is 4. The lowest BCUT2D eigenvalue weighted by atomic mass is 10.1. The number of hydrogen-bond acceptors (Lipinski definition) is 3. The van der Waals surface area contributed by atoms with Crippen LogP contribution in [0.4, 0.5) is 5.69 Å². The van der Waals surface area contributed by atoms with E-state index < -0.39 is 4.92 Å². The quantitative estimate of drug-likeness (QED) is 0.665. The molecular weight excluding hydrogens is 244 g/mol. The fourth-order valence-electron chi connectivity index (χ4n) is 1.21. The van der Waals surface area contributed by atoms with Crippen molar-refractivity contribution in [2.24, 2.45) is 0 Å². The zero-order valence-corrected chi connectivity index (χ0v) is 10.3. The number of nitrogens with zero attached hydrogens (tertiary/aromatic N) is 1. The Morgan fingerprint density at radius 1 is 1.59 bits per heavy atom. The van der Waals surface area contributed by atoms with Crippen LogP contribution in [-0.2, 0) is 0 Å². The molecule has 0 saturated heterocycles. The Bertz CT molecular complexity index is 448. The molecule has 92 valence electrons. The van der Waals surface area contributed by atoms with Gasteiger partial charge < -0.3 is 5.32 Å². The van der Waals surface area contributed by atoms with Crippen LogP contribution in [0.2, 0.25) is 5.02 Å². The maximum Gasteiger partial charge on any atom is 0.287 e. The molecule has 0 aromatic heterocycles. The molecular formula is C11H13ClN2O3. The molecule has 0 radical (unpaired) electrons. The zero-order valence-electron chi connectivity index (χ0n) is 9.57. The summed E-state index contributed by atoms with van der Waals surface area (Å²) in [6.45, 7) is 3.83. The second kappa shape index (κ2) is 5.63. The minimum absolute atomic E-state index is 0.0354. The summed E-state index contributed by atoms with van der Waals surface area (Å²) in [4.78, 5) is 21.7. The average molecular weight is 257 g/mol. The Labute approximate surface area is 104 Å². The minimum atomic E-state index is -0.585. The number of nitro groups is 1. The summed E-state index contributed by atoms with van der Waals surface area (Å²) in [6, 6.07) is 3.98. The second-order valence-electron chi connectivity index (χ2n) is 3.71. The van der Waals surface area contributed by atoms with E-state index in [1.807, 2.05) is 13.8 Å². The van der Waals surface area contributed by atoms with E-state index in [4.69, 9.17) is 11.6 Å². The van der Waals surface area contributed by atoms with Gasteiger partial charge in [0.1, 0.15) is 5.02 Å². The minimum Gasteiger partial charge on any atom is -0.350 e. The van der Waals surface area contributed by atoms with E-state index >= 15 is 0 Å². The summed E-state index contributed by atoms with van der Waals surface area (Å²) in [5.41, 5.74) is 0.118. The molecule has 0 spiro atoms. The van der Waals surface area contributed by atoms with Crippen molar-refractivity contribution in [2.45, 2.75) is 26.3 Å². The van der Waals surface area contributed by atoms with E-state index in [1.54, 1.807) is 0 Å². The van der Waals surface area contributed by atoms with Gasteiger partial charge in [0, 0.05) is 17.7 Å². The molecule has 1 amide bonds. The van der Waals surface area contributed by atoms with Gasteiger partial charge in [0.05, 0.1) is 4.92 Å². The molecule has 1 rings (SSSR count). The standard InChI is InChI=1S/C11H13ClN2O3/c1-3-7(2)13-11(15)8-4-5-10(14(16)17)9(12)6-8/h4-7H,3H2,1-2H3,(H,13,15)/t7-/m1/s1. The summed E-state index contributed by atoms with van der Waals surface area (Å²) in [5.74, 6) is -0.281. The van der Waals surface area contributed by atoms with E-state index in [2.05, 4.69) is 5.32 Å². The van der Waals surface area contributed by atoms with Gasteiger partial charge in [-0.05, 0) is 25.5 Å². The van der Waals surface area contributed by atoms with E-state index in [0.717, 1.165) is 6.42 Å². The molecule has 0 aliphatic rings. The summed E-state index contributed by atoms with van der Waals surface area (Å²) < 4.78 is 0. The third-order valence-corrected chi connectivity index (χ3v) is 2.70. The van der Waals surface area contributed by atoms with E-state index in [-0.39, 0.29) is 22.7 Å². The van der Waals surface area contributed by atoms with Crippen molar-refractivity contribution in [1.82, 2.24) is 5.32 Å². The van der Waals surface area contributed by atoms with Gasteiger partial charge >= 0.3 is 0 Å². The molecule has 1 atom stereocenters. The van der Waals surface area contributed by atoms with Crippen LogP contribution >= 0.6 is 11.6 Å². The highest BCUT2D eigenvalue weighted by Crippen LogP contribution is 2.24. The van der Waals surface area contributed by atoms with Crippen molar-refractivity contribution in [3.8, 4) is 0 Å². The van der Waals surface area contributed by atoms with Crippen LogP contribution in [0.1, 0.15) is 30.6 Å². The lowest BCUT2D eigenvalue weighted by molar-refractivity contribution is -0.384. The molecule has 0 saturated carbocycles. The third-order valence-electron chi connectivity index (χ3n) is 2.40. The van der Waals surface area contributed by atoms with Crippen LogP contribution in [0, 0.1) is 10.1 Å². The van der Waals surface area contributed by atoms with Crippen molar-refractivity contribution in [3.05, 3.63) is 38.9 Å². The zero-order chi connectivity index (χ0) is 13.0. The van der Waals surface area contributed by atoms with Crippen molar-refractivity contribution in [3.63, 3.8) is 0 Å². The number of carbonyl (C=O) groups excluding carboxylic acids is 1. The summed E-state index contributed by atoms with van der Waals surface area (Å²) >= 11 is 5.72. The van der Waals surface area contributed by atoms with Gasteiger partial charge in [0.2, 0.25) is 0 Å². The van der Waals surface area contributed by atoms with Crippen molar-refractivity contribution in [1.29, 1.82) is 0 Å². The molecule has 0 fully saturated rings. The van der Waals surface area contributed by atoms with E-state index in [1.165, 1.54) is 18.2 Å². The molecule has 0 unspecified atom stereocenters. The Morgan fingerprint density at radius 3 is 2.71 bits per heavy atom. The highest BCUT2D eigenvalue weighted by molar-refractivity contribution is 6.33. The molecule has 0 bridgehead atoms. The number of nitrogens with one attached hydrogen (secondary N) is 1. The van der Waals surface area contributed by atoms with Crippen LogP contribution < -0.4 is 5.32 Å². The largest absolute Gasteiger partial charge is 0.350 e. The average Bonchev–Trinajstić information content (AvgIpc) is 2.28. The van der Waals surface area contributed by atoms with Crippen molar-refractivity contribution in [2.75, 3.05) is 0 Å². The van der Waals surface area contributed by atoms with Gasteiger partial charge in [-0.2, -0.15) is 0 Å².